The van der Waals surface area contributed by atoms with Crippen LogP contribution in [-0.4, -0.2) is 67.5 Å². The van der Waals surface area contributed by atoms with Gasteiger partial charge >= 0.3 is 0 Å². The molecule has 0 aliphatic rings. The first-order chi connectivity index (χ1) is 12.1. The van der Waals surface area contributed by atoms with Gasteiger partial charge in [-0.1, -0.05) is 18.2 Å². The summed E-state index contributed by atoms with van der Waals surface area (Å²) >= 11 is 0. The highest BCUT2D eigenvalue weighted by Gasteiger charge is 2.26. The Morgan fingerprint density at radius 3 is 2.27 bits per heavy atom. The maximum Gasteiger partial charge on any atom is 0.290 e. The lowest BCUT2D eigenvalue weighted by atomic mass is 10.3. The Kier molecular flexibility index (Phi) is 7.32. The molecule has 0 spiro atoms. The summed E-state index contributed by atoms with van der Waals surface area (Å²) in [4.78, 5) is 21.7. The normalized spacial score (nSPS) is 10.5. The maximum absolute atomic E-state index is 12.2. The fourth-order valence-electron chi connectivity index (χ4n) is 2.06. The topological polar surface area (TPSA) is 113 Å². The van der Waals surface area contributed by atoms with Gasteiger partial charge in [0, 0.05) is 20.2 Å². The Balaban J connectivity index is 0.00000105. The van der Waals surface area contributed by atoms with Gasteiger partial charge in [-0.25, -0.2) is 17.4 Å². The van der Waals surface area contributed by atoms with Crippen molar-refractivity contribution in [1.29, 1.82) is 0 Å². The van der Waals surface area contributed by atoms with E-state index in [4.69, 9.17) is 9.90 Å². The van der Waals surface area contributed by atoms with Crippen LogP contribution < -0.4 is 4.31 Å². The molecule has 0 aliphatic carbocycles. The van der Waals surface area contributed by atoms with Crippen LogP contribution >= 0.6 is 0 Å². The molecule has 0 radical (unpaired) electrons. The van der Waals surface area contributed by atoms with Gasteiger partial charge < -0.3 is 10.0 Å². The Hall–Kier alpha value is -2.88. The average molecular weight is 382 g/mol. The molecule has 1 amide bonds. The number of benzene rings is 1. The molecule has 0 aliphatic heterocycles. The average Bonchev–Trinajstić information content (AvgIpc) is 2.94. The van der Waals surface area contributed by atoms with Crippen LogP contribution in [0.3, 0.4) is 0 Å². The predicted molar refractivity (Wildman–Crippen MR) is 97.9 cm³/mol. The van der Waals surface area contributed by atoms with Gasteiger partial charge in [0.25, 0.3) is 6.47 Å². The maximum atomic E-state index is 12.2. The van der Waals surface area contributed by atoms with E-state index >= 15 is 0 Å². The summed E-state index contributed by atoms with van der Waals surface area (Å²) in [6, 6.07) is 10.8. The molecule has 0 saturated heterocycles. The van der Waals surface area contributed by atoms with Gasteiger partial charge in [-0.05, 0) is 19.1 Å². The molecule has 2 aromatic rings. The van der Waals surface area contributed by atoms with E-state index in [0.717, 1.165) is 16.2 Å². The number of hydrogen-bond donors (Lipinski definition) is 1. The number of hydrogen-bond acceptors (Lipinski definition) is 5. The van der Waals surface area contributed by atoms with Crippen LogP contribution in [0.5, 0.6) is 0 Å². The largest absolute Gasteiger partial charge is 0.483 e. The van der Waals surface area contributed by atoms with Crippen molar-refractivity contribution < 1.29 is 23.1 Å². The van der Waals surface area contributed by atoms with Gasteiger partial charge in [-0.15, -0.1) is 0 Å². The van der Waals surface area contributed by atoms with Crippen LogP contribution in [0.15, 0.2) is 36.4 Å². The number of likely N-dealkylation sites (N-methyl/N-ethyl adjacent to an activating group) is 1. The van der Waals surface area contributed by atoms with E-state index in [9.17, 15) is 13.2 Å². The Morgan fingerprint density at radius 2 is 1.81 bits per heavy atom. The molecule has 26 heavy (non-hydrogen) atoms. The van der Waals surface area contributed by atoms with Crippen molar-refractivity contribution in [2.45, 2.75) is 6.92 Å². The SMILES string of the molecule is Cc1cc(N(CC(=O)N(C)C)S(C)(=O)=O)n(-c2ccccc2)n1.O=CO. The van der Waals surface area contributed by atoms with Gasteiger partial charge in [-0.3, -0.25) is 9.59 Å². The summed E-state index contributed by atoms with van der Waals surface area (Å²) in [5, 5.41) is 11.2. The van der Waals surface area contributed by atoms with Gasteiger partial charge in [0.2, 0.25) is 15.9 Å². The highest BCUT2D eigenvalue weighted by atomic mass is 32.2. The van der Waals surface area contributed by atoms with Crippen molar-refractivity contribution in [3.63, 3.8) is 0 Å². The third kappa shape index (κ3) is 5.59. The monoisotopic (exact) mass is 382 g/mol. The number of para-hydroxylation sites is 1. The van der Waals surface area contributed by atoms with E-state index in [1.54, 1.807) is 27.1 Å². The van der Waals surface area contributed by atoms with Gasteiger partial charge in [0.05, 0.1) is 17.6 Å². The second kappa shape index (κ2) is 8.99. The fraction of sp³-hybridized carbons (Fsp3) is 0.312. The van der Waals surface area contributed by atoms with E-state index in [1.165, 1.54) is 9.58 Å². The number of carbonyl (C=O) groups excluding carboxylic acids is 1. The smallest absolute Gasteiger partial charge is 0.290 e. The highest BCUT2D eigenvalue weighted by Crippen LogP contribution is 2.23. The first-order valence-corrected chi connectivity index (χ1v) is 9.34. The molecule has 1 heterocycles. The minimum atomic E-state index is -3.64. The molecule has 1 aromatic heterocycles. The van der Waals surface area contributed by atoms with Crippen molar-refractivity contribution in [1.82, 2.24) is 14.7 Å². The quantitative estimate of drug-likeness (QED) is 0.763. The minimum Gasteiger partial charge on any atom is -0.483 e. The van der Waals surface area contributed by atoms with Crippen molar-refractivity contribution in [2.24, 2.45) is 0 Å². The van der Waals surface area contributed by atoms with E-state index in [0.29, 0.717) is 11.5 Å². The molecule has 1 aromatic carbocycles. The molecule has 142 valence electrons. The van der Waals surface area contributed by atoms with E-state index in [2.05, 4.69) is 5.10 Å². The number of carbonyl (C=O) groups is 2. The number of nitrogens with zero attached hydrogens (tertiary/aromatic N) is 4. The lowest BCUT2D eigenvalue weighted by Crippen LogP contribution is -2.40. The molecule has 0 unspecified atom stereocenters. The predicted octanol–water partition coefficient (Wildman–Crippen LogP) is 0.736. The van der Waals surface area contributed by atoms with Crippen molar-refractivity contribution in [3.8, 4) is 5.69 Å². The second-order valence-electron chi connectivity index (χ2n) is 5.55. The van der Waals surface area contributed by atoms with Crippen molar-refractivity contribution in [2.75, 3.05) is 31.2 Å². The highest BCUT2D eigenvalue weighted by molar-refractivity contribution is 7.92. The lowest BCUT2D eigenvalue weighted by Gasteiger charge is -2.23. The van der Waals surface area contributed by atoms with Gasteiger partial charge in [-0.2, -0.15) is 5.10 Å². The zero-order chi connectivity index (χ0) is 19.9. The van der Waals surface area contributed by atoms with E-state index in [-0.39, 0.29) is 18.9 Å². The van der Waals surface area contributed by atoms with E-state index < -0.39 is 10.0 Å². The second-order valence-corrected chi connectivity index (χ2v) is 7.46. The number of aromatic nitrogens is 2. The molecule has 9 nitrogen and oxygen atoms in total. The summed E-state index contributed by atoms with van der Waals surface area (Å²) in [5.41, 5.74) is 1.39. The molecule has 0 bridgehead atoms. The van der Waals surface area contributed by atoms with Crippen LogP contribution in [0.1, 0.15) is 5.69 Å². The summed E-state index contributed by atoms with van der Waals surface area (Å²) < 4.78 is 27.0. The summed E-state index contributed by atoms with van der Waals surface area (Å²) in [5.74, 6) is 0.0280. The molecule has 1 N–H and O–H groups in total. The molecule has 2 rings (SSSR count). The summed E-state index contributed by atoms with van der Waals surface area (Å²) in [7, 11) is -0.467. The van der Waals surface area contributed by atoms with E-state index in [1.807, 2.05) is 30.3 Å². The molecule has 0 saturated carbocycles. The number of carboxylic acid groups (broad SMARTS) is 1. The third-order valence-corrected chi connectivity index (χ3v) is 4.36. The zero-order valence-electron chi connectivity index (χ0n) is 15.0. The standard InChI is InChI=1S/C15H20N4O3S.CH2O2/c1-12-10-14(19(16-12)13-8-6-5-7-9-13)18(23(4,21)22)11-15(20)17(2)3;2-1-3/h5-10H,11H2,1-4H3;1H,(H,2,3). The fourth-order valence-corrected chi connectivity index (χ4v) is 2.87. The molecule has 0 atom stereocenters. The Labute approximate surface area is 152 Å². The molecular formula is C16H22N4O5S. The minimum absolute atomic E-state index is 0.250. The van der Waals surface area contributed by atoms with Crippen LogP contribution in [-0.2, 0) is 19.6 Å². The lowest BCUT2D eigenvalue weighted by molar-refractivity contribution is -0.127. The number of sulfonamides is 1. The van der Waals surface area contributed by atoms with Crippen LogP contribution in [0, 0.1) is 6.92 Å². The van der Waals surface area contributed by atoms with Crippen LogP contribution in [0.2, 0.25) is 0 Å². The first-order valence-electron chi connectivity index (χ1n) is 7.49. The Morgan fingerprint density at radius 1 is 1.27 bits per heavy atom. The van der Waals surface area contributed by atoms with Crippen molar-refractivity contribution in [3.05, 3.63) is 42.1 Å². The summed E-state index contributed by atoms with van der Waals surface area (Å²) in [6.07, 6.45) is 1.08. The number of amides is 1. The molecule has 0 fully saturated rings. The molecular weight excluding hydrogens is 360 g/mol. The first kappa shape index (κ1) is 21.2. The third-order valence-electron chi connectivity index (χ3n) is 3.25. The summed E-state index contributed by atoms with van der Waals surface area (Å²) in [6.45, 7) is 1.25. The number of rotatable bonds is 5. The van der Waals surface area contributed by atoms with Crippen LogP contribution in [0.25, 0.3) is 5.69 Å². The number of aryl methyl sites for hydroxylation is 1. The van der Waals surface area contributed by atoms with Crippen LogP contribution in [0.4, 0.5) is 5.82 Å². The molecule has 10 heteroatoms. The number of anilines is 1. The zero-order valence-corrected chi connectivity index (χ0v) is 15.8. The van der Waals surface area contributed by atoms with Crippen molar-refractivity contribution >= 4 is 28.2 Å². The van der Waals surface area contributed by atoms with Gasteiger partial charge in [0.1, 0.15) is 12.4 Å². The Bertz CT molecular complexity index is 847. The van der Waals surface area contributed by atoms with Gasteiger partial charge in [0.15, 0.2) is 0 Å².